The van der Waals surface area contributed by atoms with E-state index in [-0.39, 0.29) is 11.7 Å². The van der Waals surface area contributed by atoms with Gasteiger partial charge in [0, 0.05) is 13.1 Å². The molecule has 0 fully saturated rings. The van der Waals surface area contributed by atoms with Gasteiger partial charge in [-0.25, -0.2) is 9.59 Å². The maximum Gasteiger partial charge on any atom is 0.410 e. The fourth-order valence-corrected chi connectivity index (χ4v) is 2.41. The third kappa shape index (κ3) is 3.50. The Morgan fingerprint density at radius 2 is 1.91 bits per heavy atom. The van der Waals surface area contributed by atoms with E-state index >= 15 is 0 Å². The Balaban J connectivity index is 2.25. The third-order valence-electron chi connectivity index (χ3n) is 3.42. The number of carbonyl (C=O) groups is 2. The first-order valence-electron chi connectivity index (χ1n) is 7.12. The first-order valence-corrected chi connectivity index (χ1v) is 7.12. The third-order valence-corrected chi connectivity index (χ3v) is 3.42. The van der Waals surface area contributed by atoms with E-state index < -0.39 is 11.6 Å². The Morgan fingerprint density at radius 1 is 1.23 bits per heavy atom. The average Bonchev–Trinajstić information content (AvgIpc) is 2.43. The summed E-state index contributed by atoms with van der Waals surface area (Å²) in [5.41, 5.74) is 1.37. The lowest BCUT2D eigenvalue weighted by Gasteiger charge is -2.31. The zero-order chi connectivity index (χ0) is 16.5. The van der Waals surface area contributed by atoms with E-state index in [1.807, 2.05) is 20.8 Å². The van der Waals surface area contributed by atoms with Crippen molar-refractivity contribution >= 4 is 12.1 Å². The number of aromatic carboxylic acids is 1. The Kier molecular flexibility index (Phi) is 4.30. The SMILES string of the molecule is COc1cc2c(cc1C(=O)O)CN(C(=O)OC(C)(C)C)CC2. The smallest absolute Gasteiger partial charge is 0.410 e. The van der Waals surface area contributed by atoms with E-state index in [9.17, 15) is 14.7 Å². The fourth-order valence-electron chi connectivity index (χ4n) is 2.41. The van der Waals surface area contributed by atoms with Gasteiger partial charge in [0.25, 0.3) is 0 Å². The number of ether oxygens (including phenoxy) is 2. The molecular formula is C16H21NO5. The summed E-state index contributed by atoms with van der Waals surface area (Å²) >= 11 is 0. The number of benzene rings is 1. The second-order valence-corrected chi connectivity index (χ2v) is 6.28. The molecule has 1 aromatic rings. The quantitative estimate of drug-likeness (QED) is 0.909. The number of hydrogen-bond donors (Lipinski definition) is 1. The molecule has 0 atom stereocenters. The van der Waals surface area contributed by atoms with Crippen LogP contribution in [-0.2, 0) is 17.7 Å². The monoisotopic (exact) mass is 307 g/mol. The normalized spacial score (nSPS) is 14.3. The van der Waals surface area contributed by atoms with Crippen LogP contribution < -0.4 is 4.74 Å². The number of carboxylic acid groups (broad SMARTS) is 1. The summed E-state index contributed by atoms with van der Waals surface area (Å²) in [6.07, 6.45) is 0.260. The molecule has 0 bridgehead atoms. The standard InChI is InChI=1S/C16H21NO5/c1-16(2,3)22-15(20)17-6-5-10-8-13(21-4)12(14(18)19)7-11(10)9-17/h7-8H,5-6,9H2,1-4H3,(H,18,19). The summed E-state index contributed by atoms with van der Waals surface area (Å²) in [5.74, 6) is -0.703. The van der Waals surface area contributed by atoms with Gasteiger partial charge in [-0.3, -0.25) is 0 Å². The molecule has 0 saturated carbocycles. The highest BCUT2D eigenvalue weighted by Gasteiger charge is 2.27. The van der Waals surface area contributed by atoms with Crippen LogP contribution in [0.2, 0.25) is 0 Å². The Morgan fingerprint density at radius 3 is 2.45 bits per heavy atom. The van der Waals surface area contributed by atoms with E-state index in [2.05, 4.69) is 0 Å². The lowest BCUT2D eigenvalue weighted by atomic mass is 9.96. The largest absolute Gasteiger partial charge is 0.496 e. The first-order chi connectivity index (χ1) is 10.2. The van der Waals surface area contributed by atoms with Crippen molar-refractivity contribution in [2.45, 2.75) is 39.3 Å². The summed E-state index contributed by atoms with van der Waals surface area (Å²) < 4.78 is 10.5. The number of nitrogens with zero attached hydrogens (tertiary/aromatic N) is 1. The van der Waals surface area contributed by atoms with Gasteiger partial charge in [0.05, 0.1) is 7.11 Å². The predicted octanol–water partition coefficient (Wildman–Crippen LogP) is 2.69. The molecule has 6 heteroatoms. The number of rotatable bonds is 2. The average molecular weight is 307 g/mol. The van der Waals surface area contributed by atoms with Crippen LogP contribution in [0.15, 0.2) is 12.1 Å². The summed E-state index contributed by atoms with van der Waals surface area (Å²) in [5, 5.41) is 9.24. The number of amides is 1. The predicted molar refractivity (Wildman–Crippen MR) is 80.3 cm³/mol. The van der Waals surface area contributed by atoms with Crippen LogP contribution >= 0.6 is 0 Å². The molecule has 0 saturated heterocycles. The lowest BCUT2D eigenvalue weighted by Crippen LogP contribution is -2.40. The van der Waals surface area contributed by atoms with Crippen LogP contribution in [-0.4, -0.2) is 41.3 Å². The molecule has 0 radical (unpaired) electrons. The van der Waals surface area contributed by atoms with Crippen molar-refractivity contribution in [1.29, 1.82) is 0 Å². The van der Waals surface area contributed by atoms with E-state index in [0.29, 0.717) is 25.3 Å². The summed E-state index contributed by atoms with van der Waals surface area (Å²) in [4.78, 5) is 25.0. The maximum absolute atomic E-state index is 12.1. The molecule has 0 unspecified atom stereocenters. The molecule has 1 N–H and O–H groups in total. The Hall–Kier alpha value is -2.24. The molecule has 2 rings (SSSR count). The van der Waals surface area contributed by atoms with Gasteiger partial charge >= 0.3 is 12.1 Å². The highest BCUT2D eigenvalue weighted by Crippen LogP contribution is 2.28. The molecule has 1 amide bonds. The van der Waals surface area contributed by atoms with Gasteiger partial charge in [-0.2, -0.15) is 0 Å². The minimum atomic E-state index is -1.05. The molecule has 0 aliphatic carbocycles. The van der Waals surface area contributed by atoms with Crippen molar-refractivity contribution < 1.29 is 24.2 Å². The Bertz CT molecular complexity index is 603. The van der Waals surface area contributed by atoms with Gasteiger partial charge in [0.1, 0.15) is 16.9 Å². The highest BCUT2D eigenvalue weighted by atomic mass is 16.6. The van der Waals surface area contributed by atoms with Crippen molar-refractivity contribution in [3.8, 4) is 5.75 Å². The molecule has 0 aromatic heterocycles. The van der Waals surface area contributed by atoms with Crippen molar-refractivity contribution in [2.24, 2.45) is 0 Å². The molecular weight excluding hydrogens is 286 g/mol. The molecule has 22 heavy (non-hydrogen) atoms. The molecule has 1 aliphatic rings. The van der Waals surface area contributed by atoms with Crippen molar-refractivity contribution in [3.05, 3.63) is 28.8 Å². The number of carboxylic acids is 1. The zero-order valence-corrected chi connectivity index (χ0v) is 13.3. The topological polar surface area (TPSA) is 76.1 Å². The summed E-state index contributed by atoms with van der Waals surface area (Å²) in [6.45, 7) is 6.33. The second-order valence-electron chi connectivity index (χ2n) is 6.28. The summed E-state index contributed by atoms with van der Waals surface area (Å²) in [7, 11) is 1.45. The van der Waals surface area contributed by atoms with Gasteiger partial charge in [0.2, 0.25) is 0 Å². The van der Waals surface area contributed by atoms with Crippen LogP contribution in [0.3, 0.4) is 0 Å². The number of fused-ring (bicyclic) bond motifs is 1. The molecule has 1 aliphatic heterocycles. The second kappa shape index (κ2) is 5.87. The van der Waals surface area contributed by atoms with Gasteiger partial charge in [-0.15, -0.1) is 0 Å². The molecule has 1 aromatic carbocycles. The van der Waals surface area contributed by atoms with Crippen molar-refractivity contribution in [2.75, 3.05) is 13.7 Å². The van der Waals surface area contributed by atoms with E-state index in [1.165, 1.54) is 7.11 Å². The van der Waals surface area contributed by atoms with Crippen LogP contribution in [0, 0.1) is 0 Å². The molecule has 120 valence electrons. The number of hydrogen-bond acceptors (Lipinski definition) is 4. The fraction of sp³-hybridized carbons (Fsp3) is 0.500. The van der Waals surface area contributed by atoms with Gasteiger partial charge in [0.15, 0.2) is 0 Å². The van der Waals surface area contributed by atoms with Crippen LogP contribution in [0.5, 0.6) is 5.75 Å². The number of carbonyl (C=O) groups excluding carboxylic acids is 1. The van der Waals surface area contributed by atoms with Gasteiger partial charge in [-0.1, -0.05) is 0 Å². The Labute approximate surface area is 129 Å². The molecule has 6 nitrogen and oxygen atoms in total. The van der Waals surface area contributed by atoms with Gasteiger partial charge in [-0.05, 0) is 50.5 Å². The van der Waals surface area contributed by atoms with E-state index in [4.69, 9.17) is 9.47 Å². The van der Waals surface area contributed by atoms with Crippen LogP contribution in [0.25, 0.3) is 0 Å². The van der Waals surface area contributed by atoms with E-state index in [1.54, 1.807) is 17.0 Å². The molecule has 0 spiro atoms. The highest BCUT2D eigenvalue weighted by molar-refractivity contribution is 5.91. The first kappa shape index (κ1) is 16.1. The van der Waals surface area contributed by atoms with Crippen molar-refractivity contribution in [3.63, 3.8) is 0 Å². The van der Waals surface area contributed by atoms with Gasteiger partial charge < -0.3 is 19.5 Å². The maximum atomic E-state index is 12.1. The van der Waals surface area contributed by atoms with Crippen LogP contribution in [0.4, 0.5) is 4.79 Å². The van der Waals surface area contributed by atoms with E-state index in [0.717, 1.165) is 11.1 Å². The lowest BCUT2D eigenvalue weighted by molar-refractivity contribution is 0.0224. The minimum absolute atomic E-state index is 0.104. The van der Waals surface area contributed by atoms with Crippen molar-refractivity contribution in [1.82, 2.24) is 4.90 Å². The minimum Gasteiger partial charge on any atom is -0.496 e. The molecule has 1 heterocycles. The van der Waals surface area contributed by atoms with Crippen LogP contribution in [0.1, 0.15) is 42.3 Å². The zero-order valence-electron chi connectivity index (χ0n) is 13.3. The number of methoxy groups -OCH3 is 1. The summed E-state index contributed by atoms with van der Waals surface area (Å²) in [6, 6.07) is 3.32.